The largest absolute Gasteiger partial charge is 0.378 e. The summed E-state index contributed by atoms with van der Waals surface area (Å²) < 4.78 is 6.13. The molecule has 7 nitrogen and oxygen atoms in total. The first kappa shape index (κ1) is 20.6. The number of amides is 1. The van der Waals surface area contributed by atoms with E-state index in [1.807, 2.05) is 55.5 Å². The Bertz CT molecular complexity index is 970. The van der Waals surface area contributed by atoms with Gasteiger partial charge in [0.25, 0.3) is 0 Å². The summed E-state index contributed by atoms with van der Waals surface area (Å²) >= 11 is 2.81. The summed E-state index contributed by atoms with van der Waals surface area (Å²) in [6.45, 7) is 5.34. The number of nitrogens with zero attached hydrogens (tertiary/aromatic N) is 3. The van der Waals surface area contributed by atoms with Gasteiger partial charge in [-0.1, -0.05) is 40.8 Å². The number of rotatable bonds is 7. The molecule has 1 aliphatic heterocycles. The van der Waals surface area contributed by atoms with Crippen LogP contribution in [-0.2, 0) is 9.53 Å². The molecule has 1 amide bonds. The lowest BCUT2D eigenvalue weighted by Crippen LogP contribution is -2.36. The molecule has 30 heavy (non-hydrogen) atoms. The van der Waals surface area contributed by atoms with E-state index in [4.69, 9.17) is 4.74 Å². The van der Waals surface area contributed by atoms with Crippen LogP contribution >= 0.6 is 23.1 Å². The Balaban J connectivity index is 1.24. The summed E-state index contributed by atoms with van der Waals surface area (Å²) in [5.74, 6) is 0.215. The molecule has 1 saturated heterocycles. The molecule has 0 atom stereocenters. The molecule has 2 heterocycles. The van der Waals surface area contributed by atoms with E-state index in [0.29, 0.717) is 5.13 Å². The van der Waals surface area contributed by atoms with Crippen LogP contribution in [0.1, 0.15) is 5.56 Å². The van der Waals surface area contributed by atoms with Crippen molar-refractivity contribution < 1.29 is 9.53 Å². The lowest BCUT2D eigenvalue weighted by atomic mass is 10.2. The zero-order valence-electron chi connectivity index (χ0n) is 16.6. The van der Waals surface area contributed by atoms with Crippen molar-refractivity contribution >= 4 is 51.2 Å². The number of ether oxygens (including phenoxy) is 1. The Labute approximate surface area is 183 Å². The number of thioether (sulfide) groups is 1. The normalized spacial score (nSPS) is 13.8. The molecule has 0 radical (unpaired) electrons. The van der Waals surface area contributed by atoms with Crippen molar-refractivity contribution in [2.24, 2.45) is 0 Å². The number of hydrogen-bond donors (Lipinski definition) is 2. The molecule has 9 heteroatoms. The van der Waals surface area contributed by atoms with E-state index in [2.05, 4.69) is 25.7 Å². The standard InChI is InChI=1S/C21H23N5O2S2/c1-15-2-4-17(5-3-15)23-20-24-25-21(30-20)29-14-19(27)22-16-6-8-18(9-7-16)26-10-12-28-13-11-26/h2-9H,10-14H2,1H3,(H,22,27)(H,23,24). The lowest BCUT2D eigenvalue weighted by molar-refractivity contribution is -0.113. The summed E-state index contributed by atoms with van der Waals surface area (Å²) in [5, 5.41) is 15.2. The number of benzene rings is 2. The average molecular weight is 442 g/mol. The topological polar surface area (TPSA) is 79.4 Å². The number of carbonyl (C=O) groups excluding carboxylic acids is 1. The monoisotopic (exact) mass is 441 g/mol. The molecule has 0 unspecified atom stereocenters. The van der Waals surface area contributed by atoms with E-state index in [0.717, 1.165) is 47.7 Å². The highest BCUT2D eigenvalue weighted by Gasteiger charge is 2.12. The average Bonchev–Trinajstić information content (AvgIpc) is 3.22. The predicted octanol–water partition coefficient (Wildman–Crippen LogP) is 4.16. The first-order valence-electron chi connectivity index (χ1n) is 9.68. The van der Waals surface area contributed by atoms with Gasteiger partial charge in [0.05, 0.1) is 19.0 Å². The van der Waals surface area contributed by atoms with Gasteiger partial charge in [-0.3, -0.25) is 4.79 Å². The van der Waals surface area contributed by atoms with Gasteiger partial charge >= 0.3 is 0 Å². The van der Waals surface area contributed by atoms with E-state index in [1.165, 1.54) is 28.7 Å². The van der Waals surface area contributed by atoms with E-state index >= 15 is 0 Å². The molecule has 4 rings (SSSR count). The van der Waals surface area contributed by atoms with Gasteiger partial charge < -0.3 is 20.3 Å². The third kappa shape index (κ3) is 5.71. The van der Waals surface area contributed by atoms with Crippen molar-refractivity contribution in [3.8, 4) is 0 Å². The number of anilines is 4. The fourth-order valence-corrected chi connectivity index (χ4v) is 4.55. The first-order valence-corrected chi connectivity index (χ1v) is 11.5. The third-order valence-electron chi connectivity index (χ3n) is 4.56. The minimum atomic E-state index is -0.0673. The van der Waals surface area contributed by atoms with Crippen LogP contribution in [0.2, 0.25) is 0 Å². The molecule has 1 fully saturated rings. The van der Waals surface area contributed by atoms with Crippen LogP contribution in [0, 0.1) is 6.92 Å². The maximum Gasteiger partial charge on any atom is 0.234 e. The Morgan fingerprint density at radius 1 is 1.07 bits per heavy atom. The van der Waals surface area contributed by atoms with Crippen LogP contribution < -0.4 is 15.5 Å². The Kier molecular flexibility index (Phi) is 6.83. The van der Waals surface area contributed by atoms with Crippen molar-refractivity contribution in [1.82, 2.24) is 10.2 Å². The molecular weight excluding hydrogens is 418 g/mol. The molecule has 2 N–H and O–H groups in total. The number of carbonyl (C=O) groups is 1. The molecule has 0 spiro atoms. The zero-order valence-corrected chi connectivity index (χ0v) is 18.3. The number of aryl methyl sites for hydroxylation is 1. The molecule has 3 aromatic rings. The van der Waals surface area contributed by atoms with Crippen molar-refractivity contribution in [3.05, 3.63) is 54.1 Å². The molecule has 2 aromatic carbocycles. The van der Waals surface area contributed by atoms with Crippen LogP contribution in [-0.4, -0.2) is 48.2 Å². The number of aromatic nitrogens is 2. The van der Waals surface area contributed by atoms with Crippen molar-refractivity contribution in [1.29, 1.82) is 0 Å². The first-order chi connectivity index (χ1) is 14.7. The van der Waals surface area contributed by atoms with Gasteiger partial charge in [-0.25, -0.2) is 0 Å². The third-order valence-corrected chi connectivity index (χ3v) is 6.54. The van der Waals surface area contributed by atoms with E-state index in [1.54, 1.807) is 0 Å². The fourth-order valence-electron chi connectivity index (χ4n) is 2.98. The minimum Gasteiger partial charge on any atom is -0.378 e. The molecule has 0 saturated carbocycles. The summed E-state index contributed by atoms with van der Waals surface area (Å²) in [4.78, 5) is 14.6. The number of morpholine rings is 1. The highest BCUT2D eigenvalue weighted by Crippen LogP contribution is 2.28. The Hall–Kier alpha value is -2.62. The minimum absolute atomic E-state index is 0.0673. The second-order valence-electron chi connectivity index (χ2n) is 6.85. The second kappa shape index (κ2) is 9.92. The molecule has 156 valence electrons. The summed E-state index contributed by atoms with van der Waals surface area (Å²) in [6, 6.07) is 16.0. The zero-order chi connectivity index (χ0) is 20.8. The number of hydrogen-bond acceptors (Lipinski definition) is 8. The fraction of sp³-hybridized carbons (Fsp3) is 0.286. The Morgan fingerprint density at radius 2 is 1.77 bits per heavy atom. The highest BCUT2D eigenvalue weighted by atomic mass is 32.2. The highest BCUT2D eigenvalue weighted by molar-refractivity contribution is 8.01. The van der Waals surface area contributed by atoms with Gasteiger partial charge in [0.15, 0.2) is 4.34 Å². The van der Waals surface area contributed by atoms with Crippen LogP contribution in [0.4, 0.5) is 22.2 Å². The molecule has 0 bridgehead atoms. The van der Waals surface area contributed by atoms with E-state index in [-0.39, 0.29) is 11.7 Å². The smallest absolute Gasteiger partial charge is 0.234 e. The number of nitrogens with one attached hydrogen (secondary N) is 2. The van der Waals surface area contributed by atoms with Gasteiger partial charge in [0, 0.05) is 30.2 Å². The quantitative estimate of drug-likeness (QED) is 0.533. The predicted molar refractivity (Wildman–Crippen MR) is 123 cm³/mol. The van der Waals surface area contributed by atoms with Crippen LogP contribution in [0.25, 0.3) is 0 Å². The van der Waals surface area contributed by atoms with Crippen molar-refractivity contribution in [3.63, 3.8) is 0 Å². The van der Waals surface area contributed by atoms with Gasteiger partial charge in [-0.15, -0.1) is 10.2 Å². The molecular formula is C21H23N5O2S2. The SMILES string of the molecule is Cc1ccc(Nc2nnc(SCC(=O)Nc3ccc(N4CCOCC4)cc3)s2)cc1. The van der Waals surface area contributed by atoms with Crippen molar-refractivity contribution in [2.45, 2.75) is 11.3 Å². The van der Waals surface area contributed by atoms with Gasteiger partial charge in [-0.2, -0.15) is 0 Å². The molecule has 1 aliphatic rings. The van der Waals surface area contributed by atoms with E-state index in [9.17, 15) is 4.79 Å². The maximum absolute atomic E-state index is 12.3. The van der Waals surface area contributed by atoms with Crippen LogP contribution in [0.5, 0.6) is 0 Å². The van der Waals surface area contributed by atoms with Crippen molar-refractivity contribution in [2.75, 3.05) is 47.6 Å². The Morgan fingerprint density at radius 3 is 2.50 bits per heavy atom. The van der Waals surface area contributed by atoms with Crippen LogP contribution in [0.15, 0.2) is 52.9 Å². The molecule has 0 aliphatic carbocycles. The van der Waals surface area contributed by atoms with Gasteiger partial charge in [0.2, 0.25) is 11.0 Å². The summed E-state index contributed by atoms with van der Waals surface area (Å²) in [7, 11) is 0. The second-order valence-corrected chi connectivity index (χ2v) is 9.05. The molecule has 1 aromatic heterocycles. The van der Waals surface area contributed by atoms with E-state index < -0.39 is 0 Å². The van der Waals surface area contributed by atoms with Gasteiger partial charge in [-0.05, 0) is 43.3 Å². The summed E-state index contributed by atoms with van der Waals surface area (Å²) in [6.07, 6.45) is 0. The lowest BCUT2D eigenvalue weighted by Gasteiger charge is -2.28. The summed E-state index contributed by atoms with van der Waals surface area (Å²) in [5.41, 5.74) is 4.10. The van der Waals surface area contributed by atoms with Gasteiger partial charge in [0.1, 0.15) is 0 Å². The maximum atomic E-state index is 12.3. The van der Waals surface area contributed by atoms with Crippen LogP contribution in [0.3, 0.4) is 0 Å².